The van der Waals surface area contributed by atoms with Crippen molar-refractivity contribution in [2.24, 2.45) is 23.2 Å². The molecule has 0 aromatic heterocycles. The molecule has 40 heavy (non-hydrogen) atoms. The second-order valence-electron chi connectivity index (χ2n) is 14.2. The van der Waals surface area contributed by atoms with Crippen LogP contribution in [0, 0.1) is 23.2 Å². The maximum Gasteiger partial charge on any atom is 0.366 e. The monoisotopic (exact) mass is 608 g/mol. The minimum Gasteiger partial charge on any atom is -0.477 e. The highest BCUT2D eigenvalue weighted by Crippen LogP contribution is 2.43. The van der Waals surface area contributed by atoms with E-state index in [1.807, 2.05) is 0 Å². The van der Waals surface area contributed by atoms with Crippen LogP contribution in [0.5, 0.6) is 0 Å². The lowest BCUT2D eigenvalue weighted by molar-refractivity contribution is -0.236. The Balaban J connectivity index is 5.98. The summed E-state index contributed by atoms with van der Waals surface area (Å²) in [7, 11) is -0.600. The molecule has 0 fully saturated rings. The van der Waals surface area contributed by atoms with Crippen molar-refractivity contribution < 1.29 is 38.4 Å². The standard InChI is InChI=1S/C30H64O8Si2/c1-19(2)40(20(3)4,21(5)6)37-18-22(7)16-24(35-12)26(29(9,10)11)25(36-13)17-23(8)27(31)30(34,28(32)33)38-39(14)15/h19-27,31,34,39H,16-18H2,1-15H3,(H,32,33)/t22-,23-,24+,25+,26-,27-,30+/m1/s1. The molecular weight excluding hydrogens is 544 g/mol. The van der Waals surface area contributed by atoms with Gasteiger partial charge in [0.2, 0.25) is 0 Å². The van der Waals surface area contributed by atoms with Gasteiger partial charge < -0.3 is 33.6 Å². The van der Waals surface area contributed by atoms with Gasteiger partial charge >= 0.3 is 5.97 Å². The van der Waals surface area contributed by atoms with Crippen molar-refractivity contribution in [2.45, 2.75) is 143 Å². The zero-order chi connectivity index (χ0) is 31.8. The molecule has 0 saturated heterocycles. The number of aliphatic hydroxyl groups excluding tert-OH is 1. The largest absolute Gasteiger partial charge is 0.477 e. The van der Waals surface area contributed by atoms with E-state index < -0.39 is 41.1 Å². The van der Waals surface area contributed by atoms with Gasteiger partial charge in [-0.3, -0.25) is 0 Å². The Kier molecular flexibility index (Phi) is 16.4. The maximum atomic E-state index is 11.9. The summed E-state index contributed by atoms with van der Waals surface area (Å²) in [6.45, 7) is 28.3. The highest BCUT2D eigenvalue weighted by Gasteiger charge is 2.50. The van der Waals surface area contributed by atoms with Gasteiger partial charge in [0.1, 0.15) is 6.10 Å². The highest BCUT2D eigenvalue weighted by atomic mass is 28.4. The van der Waals surface area contributed by atoms with E-state index in [2.05, 4.69) is 69.2 Å². The Hall–Kier alpha value is -0.336. The number of ether oxygens (including phenoxy) is 2. The van der Waals surface area contributed by atoms with Crippen LogP contribution in [0.25, 0.3) is 0 Å². The molecule has 0 spiro atoms. The van der Waals surface area contributed by atoms with Gasteiger partial charge in [0.15, 0.2) is 17.4 Å². The summed E-state index contributed by atoms with van der Waals surface area (Å²) in [5.74, 6) is -4.67. The summed E-state index contributed by atoms with van der Waals surface area (Å²) < 4.78 is 24.4. The molecule has 0 aliphatic rings. The SMILES string of the molecule is CO[C@@H](C[C@@H](C)CO[Si](C(C)C)(C(C)C)C(C)C)[C@H]([C@H](C[C@@H](C)[C@@H](O)[C@](O)(O[SiH](C)C)C(=O)O)OC)C(C)(C)C. The number of carboxylic acids is 1. The number of methoxy groups -OCH3 is 2. The third-order valence-corrected chi connectivity index (χ3v) is 15.5. The molecule has 0 heterocycles. The second-order valence-corrected chi connectivity index (χ2v) is 22.0. The molecule has 8 nitrogen and oxygen atoms in total. The van der Waals surface area contributed by atoms with E-state index >= 15 is 0 Å². The molecule has 0 rings (SSSR count). The summed E-state index contributed by atoms with van der Waals surface area (Å²) >= 11 is 0. The number of hydrogen-bond donors (Lipinski definition) is 3. The summed E-state index contributed by atoms with van der Waals surface area (Å²) in [6, 6.07) is 0. The maximum absolute atomic E-state index is 11.9. The van der Waals surface area contributed by atoms with Gasteiger partial charge in [-0.25, -0.2) is 4.79 Å². The minimum absolute atomic E-state index is 0.0692. The van der Waals surface area contributed by atoms with Crippen molar-refractivity contribution >= 4 is 23.3 Å². The highest BCUT2D eigenvalue weighted by molar-refractivity contribution is 6.77. The summed E-state index contributed by atoms with van der Waals surface area (Å²) in [4.78, 5) is 11.9. The normalized spacial score (nSPS) is 19.5. The van der Waals surface area contributed by atoms with E-state index in [0.29, 0.717) is 29.7 Å². The number of aliphatic carboxylic acids is 1. The molecule has 0 radical (unpaired) electrons. The zero-order valence-corrected chi connectivity index (χ0v) is 30.4. The Labute approximate surface area is 248 Å². The molecule has 10 heteroatoms. The van der Waals surface area contributed by atoms with Gasteiger partial charge in [-0.15, -0.1) is 0 Å². The molecule has 240 valence electrons. The molecule has 0 aliphatic carbocycles. The summed E-state index contributed by atoms with van der Waals surface area (Å²) in [6.07, 6.45) is -1.03. The van der Waals surface area contributed by atoms with E-state index in [-0.39, 0.29) is 29.5 Å². The lowest BCUT2D eigenvalue weighted by atomic mass is 9.70. The van der Waals surface area contributed by atoms with Crippen LogP contribution in [0.1, 0.15) is 89.0 Å². The minimum atomic E-state index is -2.65. The molecule has 0 aromatic rings. The second kappa shape index (κ2) is 16.5. The average molecular weight is 609 g/mol. The van der Waals surface area contributed by atoms with Gasteiger partial charge in [-0.1, -0.05) is 76.2 Å². The first kappa shape index (κ1) is 39.7. The van der Waals surface area contributed by atoms with Crippen LogP contribution < -0.4 is 0 Å². The number of aliphatic hydroxyl groups is 2. The molecule has 0 bridgehead atoms. The van der Waals surface area contributed by atoms with E-state index in [9.17, 15) is 20.1 Å². The molecule has 0 saturated carbocycles. The molecule has 3 N–H and O–H groups in total. The number of hydrogen-bond acceptors (Lipinski definition) is 7. The van der Waals surface area contributed by atoms with Gasteiger partial charge in [0.05, 0.1) is 12.2 Å². The van der Waals surface area contributed by atoms with Crippen LogP contribution in [0.3, 0.4) is 0 Å². The van der Waals surface area contributed by atoms with Crippen LogP contribution in [-0.4, -0.2) is 83.6 Å². The molecule has 0 aliphatic heterocycles. The van der Waals surface area contributed by atoms with Crippen molar-refractivity contribution in [3.63, 3.8) is 0 Å². The Morgan fingerprint density at radius 2 is 1.27 bits per heavy atom. The van der Waals surface area contributed by atoms with Crippen LogP contribution in [-0.2, 0) is 23.1 Å². The predicted molar refractivity (Wildman–Crippen MR) is 168 cm³/mol. The number of carbonyl (C=O) groups is 1. The summed E-state index contributed by atoms with van der Waals surface area (Å²) in [5, 5.41) is 31.5. The van der Waals surface area contributed by atoms with Gasteiger partial charge in [0.25, 0.3) is 5.79 Å². The van der Waals surface area contributed by atoms with Crippen LogP contribution >= 0.6 is 0 Å². The molecule has 0 unspecified atom stereocenters. The topological polar surface area (TPSA) is 115 Å². The molecule has 0 aromatic carbocycles. The first-order valence-electron chi connectivity index (χ1n) is 15.1. The van der Waals surface area contributed by atoms with Gasteiger partial charge in [-0.05, 0) is 59.8 Å². The first-order chi connectivity index (χ1) is 18.1. The fourth-order valence-electron chi connectivity index (χ4n) is 6.87. The third-order valence-electron chi connectivity index (χ3n) is 8.63. The predicted octanol–water partition coefficient (Wildman–Crippen LogP) is 6.06. The van der Waals surface area contributed by atoms with E-state index in [4.69, 9.17) is 18.3 Å². The Morgan fingerprint density at radius 3 is 1.60 bits per heavy atom. The fourth-order valence-corrected chi connectivity index (χ4v) is 13.4. The number of rotatable bonds is 19. The lowest BCUT2D eigenvalue weighted by Gasteiger charge is -2.44. The quantitative estimate of drug-likeness (QED) is 0.120. The first-order valence-corrected chi connectivity index (χ1v) is 20.1. The third kappa shape index (κ3) is 10.1. The van der Waals surface area contributed by atoms with E-state index in [1.54, 1.807) is 34.2 Å². The Morgan fingerprint density at radius 1 is 0.850 bits per heavy atom. The van der Waals surface area contributed by atoms with E-state index in [1.165, 1.54) is 0 Å². The van der Waals surface area contributed by atoms with Crippen molar-refractivity contribution in [2.75, 3.05) is 20.8 Å². The zero-order valence-electron chi connectivity index (χ0n) is 28.3. The van der Waals surface area contributed by atoms with Crippen molar-refractivity contribution in [3.05, 3.63) is 0 Å². The molecule has 7 atom stereocenters. The Bertz CT molecular complexity index is 718. The molecule has 0 amide bonds. The van der Waals surface area contributed by atoms with Crippen molar-refractivity contribution in [1.82, 2.24) is 0 Å². The van der Waals surface area contributed by atoms with Crippen molar-refractivity contribution in [3.8, 4) is 0 Å². The van der Waals surface area contributed by atoms with Crippen LogP contribution in [0.15, 0.2) is 0 Å². The summed E-state index contributed by atoms with van der Waals surface area (Å²) in [5.41, 5.74) is 1.32. The number of carboxylic acid groups (broad SMARTS) is 1. The van der Waals surface area contributed by atoms with Gasteiger partial charge in [-0.2, -0.15) is 0 Å². The van der Waals surface area contributed by atoms with Crippen molar-refractivity contribution in [1.29, 1.82) is 0 Å². The fraction of sp³-hybridized carbons (Fsp3) is 0.967. The van der Waals surface area contributed by atoms with Gasteiger partial charge in [0, 0.05) is 26.7 Å². The lowest BCUT2D eigenvalue weighted by Crippen LogP contribution is -2.57. The van der Waals surface area contributed by atoms with Crippen LogP contribution in [0.4, 0.5) is 0 Å². The molecular formula is C30H64O8Si2. The smallest absolute Gasteiger partial charge is 0.366 e. The van der Waals surface area contributed by atoms with Crippen LogP contribution in [0.2, 0.25) is 29.7 Å². The van der Waals surface area contributed by atoms with E-state index in [0.717, 1.165) is 6.42 Å². The average Bonchev–Trinajstić information content (AvgIpc) is 2.80.